The molecular weight excluding hydrogens is 258 g/mol. The van der Waals surface area contributed by atoms with Gasteiger partial charge in [0.25, 0.3) is 0 Å². The van der Waals surface area contributed by atoms with Crippen molar-refractivity contribution in [1.29, 1.82) is 0 Å². The molecule has 0 spiro atoms. The first-order chi connectivity index (χ1) is 8.20. The second-order valence-electron chi connectivity index (χ2n) is 4.55. The molecule has 1 heterocycles. The Hall–Kier alpha value is -1.61. The van der Waals surface area contributed by atoms with Crippen molar-refractivity contribution in [2.75, 3.05) is 6.54 Å². The third kappa shape index (κ3) is 2.99. The average molecular weight is 275 g/mol. The Morgan fingerprint density at radius 2 is 2.28 bits per heavy atom. The summed E-state index contributed by atoms with van der Waals surface area (Å²) in [4.78, 5) is 0.0813. The van der Waals surface area contributed by atoms with E-state index in [0.29, 0.717) is 5.69 Å². The topological polar surface area (TPSA) is 133 Å². The van der Waals surface area contributed by atoms with Gasteiger partial charge in [-0.3, -0.25) is 5.10 Å². The van der Waals surface area contributed by atoms with Crippen molar-refractivity contribution < 1.29 is 13.6 Å². The van der Waals surface area contributed by atoms with Gasteiger partial charge in [0.05, 0.1) is 11.9 Å². The number of rotatable bonds is 5. The molecule has 0 bridgehead atoms. The third-order valence-electron chi connectivity index (χ3n) is 2.58. The molecule has 1 aromatic rings. The fourth-order valence-corrected chi connectivity index (χ4v) is 2.54. The highest BCUT2D eigenvalue weighted by atomic mass is 32.2. The lowest BCUT2D eigenvalue weighted by molar-refractivity contribution is 0.307. The van der Waals surface area contributed by atoms with Gasteiger partial charge in [-0.25, -0.2) is 13.1 Å². The number of nitrogens with two attached hydrogens (primary N) is 1. The number of nitrogens with one attached hydrogen (secondary N) is 2. The van der Waals surface area contributed by atoms with Gasteiger partial charge in [0, 0.05) is 12.0 Å². The van der Waals surface area contributed by atoms with Crippen LogP contribution in [0.2, 0.25) is 0 Å². The van der Waals surface area contributed by atoms with Crippen molar-refractivity contribution >= 4 is 15.9 Å². The quantitative estimate of drug-likeness (QED) is 0.255. The van der Waals surface area contributed by atoms with Gasteiger partial charge >= 0.3 is 0 Å². The minimum atomic E-state index is -3.66. The van der Waals surface area contributed by atoms with Crippen molar-refractivity contribution in [3.63, 3.8) is 0 Å². The Kier molecular flexibility index (Phi) is 3.97. The molecule has 0 radical (unpaired) electrons. The SMILES string of the molecule is Cc1[nH]ncc1S(=O)(=O)NCC(C)(C)C(N)=NO. The zero-order valence-electron chi connectivity index (χ0n) is 10.4. The number of H-pyrrole nitrogens is 1. The summed E-state index contributed by atoms with van der Waals surface area (Å²) in [5, 5.41) is 17.7. The molecule has 102 valence electrons. The highest BCUT2D eigenvalue weighted by Gasteiger charge is 2.27. The van der Waals surface area contributed by atoms with Gasteiger partial charge in [-0.05, 0) is 6.92 Å². The van der Waals surface area contributed by atoms with Crippen LogP contribution in [0, 0.1) is 12.3 Å². The molecular formula is C9H17N5O3S. The van der Waals surface area contributed by atoms with E-state index in [1.807, 2.05) is 0 Å². The van der Waals surface area contributed by atoms with Crippen LogP contribution in [0.4, 0.5) is 0 Å². The van der Waals surface area contributed by atoms with Crippen LogP contribution in [0.15, 0.2) is 16.2 Å². The minimum Gasteiger partial charge on any atom is -0.409 e. The normalized spacial score (nSPS) is 13.8. The average Bonchev–Trinajstić information content (AvgIpc) is 2.73. The summed E-state index contributed by atoms with van der Waals surface area (Å²) in [6.45, 7) is 4.94. The molecule has 0 saturated heterocycles. The van der Waals surface area contributed by atoms with Crippen molar-refractivity contribution in [3.8, 4) is 0 Å². The van der Waals surface area contributed by atoms with Crippen LogP contribution in [0.1, 0.15) is 19.5 Å². The second-order valence-corrected chi connectivity index (χ2v) is 6.29. The maximum atomic E-state index is 12.0. The van der Waals surface area contributed by atoms with Crippen molar-refractivity contribution in [3.05, 3.63) is 11.9 Å². The largest absolute Gasteiger partial charge is 0.409 e. The predicted molar refractivity (Wildman–Crippen MR) is 65.7 cm³/mol. The lowest BCUT2D eigenvalue weighted by atomic mass is 9.93. The molecule has 0 fully saturated rings. The van der Waals surface area contributed by atoms with Gasteiger partial charge in [0.2, 0.25) is 10.0 Å². The summed E-state index contributed by atoms with van der Waals surface area (Å²) < 4.78 is 26.3. The Labute approximate surface area is 105 Å². The van der Waals surface area contributed by atoms with E-state index in [0.717, 1.165) is 0 Å². The molecule has 0 aromatic carbocycles. The second kappa shape index (κ2) is 4.94. The Bertz CT molecular complexity index is 546. The lowest BCUT2D eigenvalue weighted by Gasteiger charge is -2.22. The molecule has 1 aromatic heterocycles. The Morgan fingerprint density at radius 1 is 1.67 bits per heavy atom. The molecule has 0 atom stereocenters. The van der Waals surface area contributed by atoms with Gasteiger partial charge < -0.3 is 10.9 Å². The number of aromatic amines is 1. The summed E-state index contributed by atoms with van der Waals surface area (Å²) in [5.41, 5.74) is 5.13. The van der Waals surface area contributed by atoms with Crippen LogP contribution in [-0.2, 0) is 10.0 Å². The van der Waals surface area contributed by atoms with Crippen molar-refractivity contribution in [2.45, 2.75) is 25.7 Å². The lowest BCUT2D eigenvalue weighted by Crippen LogP contribution is -2.42. The number of hydrogen-bond acceptors (Lipinski definition) is 5. The van der Waals surface area contributed by atoms with E-state index in [1.54, 1.807) is 20.8 Å². The van der Waals surface area contributed by atoms with E-state index in [2.05, 4.69) is 20.1 Å². The van der Waals surface area contributed by atoms with Gasteiger partial charge in [-0.1, -0.05) is 19.0 Å². The Balaban J connectivity index is 2.84. The van der Waals surface area contributed by atoms with Crippen LogP contribution < -0.4 is 10.5 Å². The summed E-state index contributed by atoms with van der Waals surface area (Å²) in [6, 6.07) is 0. The van der Waals surface area contributed by atoms with Gasteiger partial charge in [0.15, 0.2) is 0 Å². The van der Waals surface area contributed by atoms with Gasteiger partial charge in [-0.15, -0.1) is 0 Å². The number of aromatic nitrogens is 2. The molecule has 8 nitrogen and oxygen atoms in total. The molecule has 0 unspecified atom stereocenters. The van der Waals surface area contributed by atoms with Crippen LogP contribution >= 0.6 is 0 Å². The maximum absolute atomic E-state index is 12.0. The standard InChI is InChI=1S/C9H17N5O3S/c1-6-7(4-11-13-6)18(16,17)12-5-9(2,3)8(10)14-15/h4,12,15H,5H2,1-3H3,(H2,10,14)(H,11,13). The van der Waals surface area contributed by atoms with E-state index in [1.165, 1.54) is 6.20 Å². The molecule has 18 heavy (non-hydrogen) atoms. The van der Waals surface area contributed by atoms with E-state index >= 15 is 0 Å². The smallest absolute Gasteiger partial charge is 0.243 e. The molecule has 9 heteroatoms. The summed E-state index contributed by atoms with van der Waals surface area (Å²) in [7, 11) is -3.66. The summed E-state index contributed by atoms with van der Waals surface area (Å²) in [6.07, 6.45) is 1.23. The molecule has 5 N–H and O–H groups in total. The zero-order valence-corrected chi connectivity index (χ0v) is 11.2. The molecule has 0 aliphatic heterocycles. The van der Waals surface area contributed by atoms with Gasteiger partial charge in [-0.2, -0.15) is 5.10 Å². The van der Waals surface area contributed by atoms with E-state index in [9.17, 15) is 8.42 Å². The molecule has 0 saturated carbocycles. The molecule has 0 amide bonds. The van der Waals surface area contributed by atoms with Crippen molar-refractivity contribution in [1.82, 2.24) is 14.9 Å². The summed E-state index contributed by atoms with van der Waals surface area (Å²) in [5.74, 6) is -0.0471. The van der Waals surface area contributed by atoms with E-state index in [4.69, 9.17) is 10.9 Å². The predicted octanol–water partition coefficient (Wildman–Crippen LogP) is -0.231. The monoisotopic (exact) mass is 275 g/mol. The molecule has 0 aliphatic rings. The van der Waals surface area contributed by atoms with Crippen LogP contribution in [0.25, 0.3) is 0 Å². The van der Waals surface area contributed by atoms with E-state index < -0.39 is 15.4 Å². The highest BCUT2D eigenvalue weighted by molar-refractivity contribution is 7.89. The maximum Gasteiger partial charge on any atom is 0.243 e. The summed E-state index contributed by atoms with van der Waals surface area (Å²) >= 11 is 0. The number of nitrogens with zero attached hydrogens (tertiary/aromatic N) is 2. The first-order valence-corrected chi connectivity index (χ1v) is 6.66. The first-order valence-electron chi connectivity index (χ1n) is 5.18. The van der Waals surface area contributed by atoms with Crippen LogP contribution in [-0.4, -0.2) is 36.2 Å². The Morgan fingerprint density at radius 3 is 2.72 bits per heavy atom. The van der Waals surface area contributed by atoms with Crippen LogP contribution in [0.5, 0.6) is 0 Å². The number of sulfonamides is 1. The minimum absolute atomic E-state index is 0.00977. The first kappa shape index (κ1) is 14.5. The number of oxime groups is 1. The molecule has 0 aliphatic carbocycles. The fourth-order valence-electron chi connectivity index (χ4n) is 1.19. The fraction of sp³-hybridized carbons (Fsp3) is 0.556. The molecule has 1 rings (SSSR count). The van der Waals surface area contributed by atoms with Crippen molar-refractivity contribution in [2.24, 2.45) is 16.3 Å². The number of aryl methyl sites for hydroxylation is 1. The number of amidine groups is 1. The number of hydrogen-bond donors (Lipinski definition) is 4. The third-order valence-corrected chi connectivity index (χ3v) is 4.09. The zero-order chi connectivity index (χ0) is 14.0. The highest BCUT2D eigenvalue weighted by Crippen LogP contribution is 2.16. The van der Waals surface area contributed by atoms with Gasteiger partial charge in [0.1, 0.15) is 10.7 Å². The van der Waals surface area contributed by atoms with E-state index in [-0.39, 0.29) is 17.3 Å². The van der Waals surface area contributed by atoms with Crippen LogP contribution in [0.3, 0.4) is 0 Å².